The van der Waals surface area contributed by atoms with Gasteiger partial charge in [0.2, 0.25) is 0 Å². The maximum absolute atomic E-state index is 14.0. The van der Waals surface area contributed by atoms with Crippen LogP contribution in [0.15, 0.2) is 121 Å². The van der Waals surface area contributed by atoms with Crippen molar-refractivity contribution < 1.29 is 14.3 Å². The molecule has 2 atom stereocenters. The summed E-state index contributed by atoms with van der Waals surface area (Å²) >= 11 is 0. The third-order valence-corrected chi connectivity index (χ3v) is 8.09. The second kappa shape index (κ2) is 11.9. The van der Waals surface area contributed by atoms with Gasteiger partial charge in [-0.2, -0.15) is 0 Å². The van der Waals surface area contributed by atoms with E-state index in [-0.39, 0.29) is 30.5 Å². The van der Waals surface area contributed by atoms with Gasteiger partial charge < -0.3 is 14.5 Å². The van der Waals surface area contributed by atoms with E-state index in [4.69, 9.17) is 4.74 Å². The van der Waals surface area contributed by atoms with Gasteiger partial charge in [-0.1, -0.05) is 85.8 Å². The number of ether oxygens (including phenoxy) is 1. The molecule has 0 aliphatic carbocycles. The Morgan fingerprint density at radius 3 is 2.26 bits per heavy atom. The first-order chi connectivity index (χ1) is 20.5. The lowest BCUT2D eigenvalue weighted by molar-refractivity contribution is -0.121. The molecule has 210 valence electrons. The highest BCUT2D eigenvalue weighted by atomic mass is 16.5. The van der Waals surface area contributed by atoms with Gasteiger partial charge >= 0.3 is 0 Å². The van der Waals surface area contributed by atoms with Gasteiger partial charge in [0.15, 0.2) is 6.61 Å². The van der Waals surface area contributed by atoms with Crippen molar-refractivity contribution in [2.75, 3.05) is 16.4 Å². The number of anilines is 2. The fourth-order valence-corrected chi connectivity index (χ4v) is 5.92. The molecular weight excluding hydrogens is 520 g/mol. The minimum Gasteiger partial charge on any atom is -0.484 e. The predicted molar refractivity (Wildman–Crippen MR) is 169 cm³/mol. The largest absolute Gasteiger partial charge is 0.484 e. The van der Waals surface area contributed by atoms with Gasteiger partial charge in [0.25, 0.3) is 11.8 Å². The second-order valence-corrected chi connectivity index (χ2v) is 10.8. The number of hydrogen-bond acceptors (Lipinski definition) is 3. The van der Waals surface area contributed by atoms with Crippen molar-refractivity contribution >= 4 is 34.0 Å². The van der Waals surface area contributed by atoms with E-state index >= 15 is 0 Å². The van der Waals surface area contributed by atoms with Crippen LogP contribution in [0.25, 0.3) is 10.8 Å². The van der Waals surface area contributed by atoms with Crippen LogP contribution in [0.3, 0.4) is 0 Å². The molecule has 5 aromatic carbocycles. The molecule has 0 spiro atoms. The molecule has 2 amide bonds. The molecule has 0 fully saturated rings. The summed E-state index contributed by atoms with van der Waals surface area (Å²) in [6.07, 6.45) is 1.51. The van der Waals surface area contributed by atoms with Crippen molar-refractivity contribution in [1.82, 2.24) is 0 Å². The van der Waals surface area contributed by atoms with Crippen molar-refractivity contribution in [2.24, 2.45) is 0 Å². The van der Waals surface area contributed by atoms with Gasteiger partial charge in [0.05, 0.1) is 6.04 Å². The van der Waals surface area contributed by atoms with Gasteiger partial charge in [0, 0.05) is 23.0 Å². The molecule has 42 heavy (non-hydrogen) atoms. The third-order valence-electron chi connectivity index (χ3n) is 8.09. The van der Waals surface area contributed by atoms with Crippen molar-refractivity contribution in [1.29, 1.82) is 0 Å². The molecule has 0 saturated heterocycles. The van der Waals surface area contributed by atoms with E-state index in [9.17, 15) is 9.59 Å². The van der Waals surface area contributed by atoms with Crippen LogP contribution < -0.4 is 14.5 Å². The summed E-state index contributed by atoms with van der Waals surface area (Å²) in [6, 6.07) is 39.1. The average molecular weight is 555 g/mol. The summed E-state index contributed by atoms with van der Waals surface area (Å²) in [6.45, 7) is 4.06. The highest BCUT2D eigenvalue weighted by molar-refractivity contribution is 6.07. The molecule has 0 bridgehead atoms. The third kappa shape index (κ3) is 5.38. The normalized spacial score (nSPS) is 16.1. The maximum Gasteiger partial charge on any atom is 0.265 e. The number of hydrogen-bond donors (Lipinski definition) is 0. The smallest absolute Gasteiger partial charge is 0.265 e. The molecule has 0 unspecified atom stereocenters. The molecule has 1 heterocycles. The summed E-state index contributed by atoms with van der Waals surface area (Å²) in [5.41, 5.74) is 4.42. The molecule has 5 nitrogen and oxygen atoms in total. The zero-order valence-electron chi connectivity index (χ0n) is 23.9. The standard InChI is InChI=1S/C37H34N2O3/c1-3-27-17-19-29(20-18-27)37(41)38-26(2)23-35(33-15-9-10-16-34(33)38)39(31-13-5-4-6-14-31)36(40)25-42-32-22-21-28-11-7-8-12-30(28)24-32/h4-22,24,26,35H,3,23,25H2,1-2H3/t26-,35+/m1/s1. The Bertz CT molecular complexity index is 1710. The van der Waals surface area contributed by atoms with Gasteiger partial charge in [-0.3, -0.25) is 9.59 Å². The minimum absolute atomic E-state index is 0.0340. The monoisotopic (exact) mass is 554 g/mol. The number of amides is 2. The number of carbonyl (C=O) groups is 2. The number of carbonyl (C=O) groups excluding carboxylic acids is 2. The molecule has 1 aliphatic heterocycles. The summed E-state index contributed by atoms with van der Waals surface area (Å²) in [4.78, 5) is 31.6. The first-order valence-corrected chi connectivity index (χ1v) is 14.5. The number of aryl methyl sites for hydroxylation is 1. The van der Waals surface area contributed by atoms with Crippen LogP contribution in [0.2, 0.25) is 0 Å². The number of benzene rings is 5. The van der Waals surface area contributed by atoms with Crippen LogP contribution in [-0.2, 0) is 11.2 Å². The lowest BCUT2D eigenvalue weighted by Gasteiger charge is -2.43. The molecule has 6 rings (SSSR count). The predicted octanol–water partition coefficient (Wildman–Crippen LogP) is 7.99. The second-order valence-electron chi connectivity index (χ2n) is 10.8. The molecule has 0 aromatic heterocycles. The summed E-state index contributed by atoms with van der Waals surface area (Å²) in [7, 11) is 0. The van der Waals surface area contributed by atoms with Crippen molar-refractivity contribution in [3.05, 3.63) is 138 Å². The first kappa shape index (κ1) is 27.3. The SMILES string of the molecule is CCc1ccc(C(=O)N2c3ccccc3[C@@H](N(C(=O)COc3ccc4ccccc4c3)c3ccccc3)C[C@H]2C)cc1. The number of para-hydroxylation sites is 2. The highest BCUT2D eigenvalue weighted by Crippen LogP contribution is 2.42. The molecule has 0 saturated carbocycles. The number of fused-ring (bicyclic) bond motifs is 2. The number of nitrogens with zero attached hydrogens (tertiary/aromatic N) is 2. The zero-order chi connectivity index (χ0) is 29.1. The Hall–Kier alpha value is -4.90. The quantitative estimate of drug-likeness (QED) is 0.205. The van der Waals surface area contributed by atoms with E-state index in [1.807, 2.05) is 125 Å². The van der Waals surface area contributed by atoms with E-state index in [0.29, 0.717) is 17.7 Å². The molecule has 5 aromatic rings. The highest BCUT2D eigenvalue weighted by Gasteiger charge is 2.39. The van der Waals surface area contributed by atoms with Crippen LogP contribution in [0, 0.1) is 0 Å². The van der Waals surface area contributed by atoms with Gasteiger partial charge in [-0.25, -0.2) is 0 Å². The summed E-state index contributed by atoms with van der Waals surface area (Å²) in [5, 5.41) is 2.18. The van der Waals surface area contributed by atoms with Gasteiger partial charge in [-0.05, 0) is 84.1 Å². The van der Waals surface area contributed by atoms with Crippen molar-refractivity contribution in [2.45, 2.75) is 38.8 Å². The lowest BCUT2D eigenvalue weighted by atomic mass is 9.89. The average Bonchev–Trinajstić information content (AvgIpc) is 3.04. The molecule has 5 heteroatoms. The van der Waals surface area contributed by atoms with Crippen molar-refractivity contribution in [3.63, 3.8) is 0 Å². The van der Waals surface area contributed by atoms with E-state index in [0.717, 1.165) is 34.1 Å². The van der Waals surface area contributed by atoms with E-state index in [1.165, 1.54) is 5.56 Å². The number of rotatable bonds is 7. The Labute approximate surface area is 247 Å². The Morgan fingerprint density at radius 2 is 1.50 bits per heavy atom. The topological polar surface area (TPSA) is 49.9 Å². The van der Waals surface area contributed by atoms with Gasteiger partial charge in [0.1, 0.15) is 5.75 Å². The Balaban J connectivity index is 1.32. The van der Waals surface area contributed by atoms with Crippen LogP contribution in [0.4, 0.5) is 11.4 Å². The van der Waals surface area contributed by atoms with Gasteiger partial charge in [-0.15, -0.1) is 0 Å². The van der Waals surface area contributed by atoms with Crippen molar-refractivity contribution in [3.8, 4) is 5.75 Å². The van der Waals surface area contributed by atoms with Crippen LogP contribution in [-0.4, -0.2) is 24.5 Å². The Kier molecular flexibility index (Phi) is 7.74. The molecule has 1 aliphatic rings. The van der Waals surface area contributed by atoms with E-state index in [2.05, 4.69) is 19.9 Å². The lowest BCUT2D eigenvalue weighted by Crippen LogP contribution is -2.48. The van der Waals surface area contributed by atoms with E-state index in [1.54, 1.807) is 0 Å². The van der Waals surface area contributed by atoms with Crippen LogP contribution in [0.1, 0.15) is 47.8 Å². The first-order valence-electron chi connectivity index (χ1n) is 14.5. The molecule has 0 N–H and O–H groups in total. The fourth-order valence-electron chi connectivity index (χ4n) is 5.92. The molecular formula is C37H34N2O3. The Morgan fingerprint density at radius 1 is 0.810 bits per heavy atom. The van der Waals surface area contributed by atoms with Crippen LogP contribution >= 0.6 is 0 Å². The zero-order valence-corrected chi connectivity index (χ0v) is 23.9. The molecule has 0 radical (unpaired) electrons. The van der Waals surface area contributed by atoms with Crippen LogP contribution in [0.5, 0.6) is 5.75 Å². The fraction of sp³-hybridized carbons (Fsp3) is 0.189. The summed E-state index contributed by atoms with van der Waals surface area (Å²) < 4.78 is 6.06. The minimum atomic E-state index is -0.266. The van der Waals surface area contributed by atoms with E-state index < -0.39 is 0 Å². The maximum atomic E-state index is 14.0. The summed E-state index contributed by atoms with van der Waals surface area (Å²) in [5.74, 6) is 0.475.